The van der Waals surface area contributed by atoms with Crippen molar-refractivity contribution < 1.29 is 4.39 Å². The molecule has 0 saturated heterocycles. The summed E-state index contributed by atoms with van der Waals surface area (Å²) >= 11 is 0. The average molecular weight is 372 g/mol. The fraction of sp³-hybridized carbons (Fsp3) is 0.100. The molecule has 0 aliphatic heterocycles. The van der Waals surface area contributed by atoms with Crippen molar-refractivity contribution in [2.75, 3.05) is 0 Å². The number of aromatic nitrogens is 1. The molecule has 0 saturated carbocycles. The first-order chi connectivity index (χ1) is 12.1. The van der Waals surface area contributed by atoms with Gasteiger partial charge < -0.3 is 10.3 Å². The van der Waals surface area contributed by atoms with Crippen LogP contribution in [0.3, 0.4) is 0 Å². The number of amidine groups is 1. The smallest absolute Gasteiger partial charge is 0.261 e. The third-order valence-electron chi connectivity index (χ3n) is 3.84. The van der Waals surface area contributed by atoms with Crippen LogP contribution in [-0.2, 0) is 13.1 Å². The number of hydrogen-bond donors (Lipinski definition) is 1. The Hall–Kier alpha value is -2.92. The van der Waals surface area contributed by atoms with Crippen LogP contribution in [0.2, 0.25) is 0 Å². The molecule has 0 aliphatic rings. The molecule has 3 aromatic rings. The van der Waals surface area contributed by atoms with Gasteiger partial charge in [0.05, 0.1) is 18.7 Å². The molecule has 0 radical (unpaired) electrons. The van der Waals surface area contributed by atoms with Gasteiger partial charge in [0.2, 0.25) is 0 Å². The zero-order valence-electron chi connectivity index (χ0n) is 14.0. The van der Waals surface area contributed by atoms with Gasteiger partial charge in [0.1, 0.15) is 11.7 Å². The van der Waals surface area contributed by atoms with Gasteiger partial charge in [-0.25, -0.2) is 4.39 Å². The molecule has 0 fully saturated rings. The Bertz CT molecular complexity index is 937. The highest BCUT2D eigenvalue weighted by molar-refractivity contribution is 5.97. The molecule has 0 amide bonds. The SMILES string of the molecule is Cl.NC(=NCc1ccccc1)c1cccn(Cc2ccc(F)cc2)c1=O. The Morgan fingerprint density at radius 3 is 2.35 bits per heavy atom. The summed E-state index contributed by atoms with van der Waals surface area (Å²) in [4.78, 5) is 16.9. The van der Waals surface area contributed by atoms with Crippen molar-refractivity contribution in [2.24, 2.45) is 10.7 Å². The highest BCUT2D eigenvalue weighted by Crippen LogP contribution is 2.05. The van der Waals surface area contributed by atoms with Gasteiger partial charge in [0.25, 0.3) is 5.56 Å². The van der Waals surface area contributed by atoms with Crippen LogP contribution in [0.4, 0.5) is 4.39 Å². The van der Waals surface area contributed by atoms with Crippen molar-refractivity contribution in [1.82, 2.24) is 4.57 Å². The molecule has 26 heavy (non-hydrogen) atoms. The molecular weight excluding hydrogens is 353 g/mol. The molecule has 0 bridgehead atoms. The molecule has 134 valence electrons. The Morgan fingerprint density at radius 1 is 0.962 bits per heavy atom. The number of nitrogens with two attached hydrogens (primary N) is 1. The second-order valence-corrected chi connectivity index (χ2v) is 5.67. The number of halogens is 2. The van der Waals surface area contributed by atoms with E-state index in [1.165, 1.54) is 16.7 Å². The molecule has 1 heterocycles. The summed E-state index contributed by atoms with van der Waals surface area (Å²) in [5.41, 5.74) is 8.01. The van der Waals surface area contributed by atoms with Crippen LogP contribution in [0, 0.1) is 5.82 Å². The highest BCUT2D eigenvalue weighted by Gasteiger charge is 2.07. The maximum atomic E-state index is 13.0. The van der Waals surface area contributed by atoms with E-state index in [2.05, 4.69) is 4.99 Å². The molecular formula is C20H19ClFN3O. The number of hydrogen-bond acceptors (Lipinski definition) is 2. The lowest BCUT2D eigenvalue weighted by Gasteiger charge is -2.08. The van der Waals surface area contributed by atoms with Gasteiger partial charge in [-0.2, -0.15) is 0 Å². The second-order valence-electron chi connectivity index (χ2n) is 5.67. The van der Waals surface area contributed by atoms with E-state index >= 15 is 0 Å². The zero-order valence-corrected chi connectivity index (χ0v) is 14.8. The number of rotatable bonds is 5. The summed E-state index contributed by atoms with van der Waals surface area (Å²) in [5.74, 6) is -0.0931. The van der Waals surface area contributed by atoms with E-state index in [1.54, 1.807) is 30.5 Å². The molecule has 1 aromatic heterocycles. The summed E-state index contributed by atoms with van der Waals surface area (Å²) in [6, 6.07) is 19.2. The molecule has 0 spiro atoms. The fourth-order valence-corrected chi connectivity index (χ4v) is 2.49. The van der Waals surface area contributed by atoms with Crippen molar-refractivity contribution in [3.63, 3.8) is 0 Å². The summed E-state index contributed by atoms with van der Waals surface area (Å²) in [6.07, 6.45) is 1.68. The van der Waals surface area contributed by atoms with Gasteiger partial charge in [0, 0.05) is 6.20 Å². The van der Waals surface area contributed by atoms with Crippen LogP contribution in [-0.4, -0.2) is 10.4 Å². The summed E-state index contributed by atoms with van der Waals surface area (Å²) in [7, 11) is 0. The van der Waals surface area contributed by atoms with Gasteiger partial charge in [-0.1, -0.05) is 42.5 Å². The van der Waals surface area contributed by atoms with Crippen LogP contribution in [0.25, 0.3) is 0 Å². The fourth-order valence-electron chi connectivity index (χ4n) is 2.49. The monoisotopic (exact) mass is 371 g/mol. The van der Waals surface area contributed by atoms with Gasteiger partial charge in [-0.15, -0.1) is 12.4 Å². The van der Waals surface area contributed by atoms with E-state index in [4.69, 9.17) is 5.73 Å². The maximum Gasteiger partial charge on any atom is 0.261 e. The summed E-state index contributed by atoms with van der Waals surface area (Å²) < 4.78 is 14.5. The number of pyridine rings is 1. The van der Waals surface area contributed by atoms with Gasteiger partial charge in [-0.3, -0.25) is 9.79 Å². The molecule has 0 unspecified atom stereocenters. The standard InChI is InChI=1S/C20H18FN3O.ClH/c21-17-10-8-16(9-11-17)14-24-12-4-7-18(20(24)25)19(22)23-13-15-5-2-1-3-6-15;/h1-12H,13-14H2,(H2,22,23);1H. The molecule has 0 aliphatic carbocycles. The Balaban J connectivity index is 0.00000243. The van der Waals surface area contributed by atoms with Crippen molar-refractivity contribution in [2.45, 2.75) is 13.1 Å². The third kappa shape index (κ3) is 4.80. The minimum atomic E-state index is -0.304. The van der Waals surface area contributed by atoms with E-state index in [9.17, 15) is 9.18 Å². The first-order valence-electron chi connectivity index (χ1n) is 7.91. The maximum absolute atomic E-state index is 13.0. The number of benzene rings is 2. The van der Waals surface area contributed by atoms with E-state index in [0.717, 1.165) is 11.1 Å². The van der Waals surface area contributed by atoms with Crippen molar-refractivity contribution in [3.05, 3.63) is 106 Å². The van der Waals surface area contributed by atoms with Gasteiger partial charge in [0.15, 0.2) is 0 Å². The van der Waals surface area contributed by atoms with Crippen LogP contribution in [0.15, 0.2) is 82.7 Å². The normalized spacial score (nSPS) is 11.0. The van der Waals surface area contributed by atoms with Crippen LogP contribution >= 0.6 is 12.4 Å². The minimum Gasteiger partial charge on any atom is -0.383 e. The van der Waals surface area contributed by atoms with E-state index < -0.39 is 0 Å². The zero-order chi connectivity index (χ0) is 17.6. The summed E-state index contributed by atoms with van der Waals surface area (Å²) in [5, 5.41) is 0. The van der Waals surface area contributed by atoms with Gasteiger partial charge >= 0.3 is 0 Å². The average Bonchev–Trinajstić information content (AvgIpc) is 2.64. The van der Waals surface area contributed by atoms with Crippen LogP contribution in [0.5, 0.6) is 0 Å². The molecule has 6 heteroatoms. The van der Waals surface area contributed by atoms with Crippen molar-refractivity contribution in [1.29, 1.82) is 0 Å². The lowest BCUT2D eigenvalue weighted by molar-refractivity contribution is 0.626. The highest BCUT2D eigenvalue weighted by atomic mass is 35.5. The van der Waals surface area contributed by atoms with Crippen molar-refractivity contribution >= 4 is 18.2 Å². The molecule has 3 rings (SSSR count). The van der Waals surface area contributed by atoms with E-state index in [-0.39, 0.29) is 29.6 Å². The molecule has 0 atom stereocenters. The van der Waals surface area contributed by atoms with E-state index in [1.807, 2.05) is 30.3 Å². The van der Waals surface area contributed by atoms with Gasteiger partial charge in [-0.05, 0) is 35.4 Å². The first kappa shape index (κ1) is 19.4. The predicted octanol–water partition coefficient (Wildman–Crippen LogP) is 3.36. The Labute approximate surface area is 157 Å². The van der Waals surface area contributed by atoms with Crippen molar-refractivity contribution in [3.8, 4) is 0 Å². The Morgan fingerprint density at radius 2 is 1.65 bits per heavy atom. The lowest BCUT2D eigenvalue weighted by Crippen LogP contribution is -2.30. The van der Waals surface area contributed by atoms with E-state index in [0.29, 0.717) is 18.7 Å². The summed E-state index contributed by atoms with van der Waals surface area (Å²) in [6.45, 7) is 0.762. The first-order valence-corrected chi connectivity index (χ1v) is 7.91. The molecule has 2 N–H and O–H groups in total. The molecule has 2 aromatic carbocycles. The largest absolute Gasteiger partial charge is 0.383 e. The lowest BCUT2D eigenvalue weighted by atomic mass is 10.2. The predicted molar refractivity (Wildman–Crippen MR) is 104 cm³/mol. The molecule has 4 nitrogen and oxygen atoms in total. The second kappa shape index (κ2) is 8.97. The Kier molecular flexibility index (Phi) is 6.69. The topological polar surface area (TPSA) is 60.4 Å². The number of nitrogens with zero attached hydrogens (tertiary/aromatic N) is 2. The number of aliphatic imine (C=N–C) groups is 1. The third-order valence-corrected chi connectivity index (χ3v) is 3.84. The quantitative estimate of drug-likeness (QED) is 0.552. The van der Waals surface area contributed by atoms with Crippen LogP contribution < -0.4 is 11.3 Å². The minimum absolute atomic E-state index is 0. The van der Waals surface area contributed by atoms with Crippen LogP contribution in [0.1, 0.15) is 16.7 Å².